The van der Waals surface area contributed by atoms with Crippen molar-refractivity contribution in [3.05, 3.63) is 71.8 Å². The number of thiazole rings is 2. The van der Waals surface area contributed by atoms with Gasteiger partial charge in [-0.15, -0.1) is 0 Å². The molecule has 2 N–H and O–H groups in total. The first-order valence-electron chi connectivity index (χ1n) is 11.3. The molecule has 0 saturated carbocycles. The van der Waals surface area contributed by atoms with Crippen molar-refractivity contribution in [1.29, 1.82) is 0 Å². The fraction of sp³-hybridized carbons (Fsp3) is 0.154. The van der Waals surface area contributed by atoms with Crippen LogP contribution in [-0.4, -0.2) is 35.0 Å². The molecular weight excluding hydrogens is 496 g/mol. The molecule has 2 amide bonds. The minimum Gasteiger partial charge on any atom is -0.494 e. The van der Waals surface area contributed by atoms with Crippen molar-refractivity contribution in [3.8, 4) is 11.5 Å². The van der Waals surface area contributed by atoms with Crippen LogP contribution < -0.4 is 20.1 Å². The number of ether oxygens (including phenoxy) is 2. The Kier molecular flexibility index (Phi) is 6.79. The van der Waals surface area contributed by atoms with E-state index in [-0.39, 0.29) is 11.8 Å². The topological polar surface area (TPSA) is 102 Å². The predicted octanol–water partition coefficient (Wildman–Crippen LogP) is 6.21. The Labute approximate surface area is 214 Å². The Morgan fingerprint density at radius 3 is 1.50 bits per heavy atom. The number of nitrogens with zero attached hydrogens (tertiary/aromatic N) is 2. The maximum absolute atomic E-state index is 12.7. The van der Waals surface area contributed by atoms with Crippen LogP contribution in [0.2, 0.25) is 0 Å². The van der Waals surface area contributed by atoms with Gasteiger partial charge in [0.05, 0.1) is 33.6 Å². The molecule has 2 heterocycles. The summed E-state index contributed by atoms with van der Waals surface area (Å²) in [5.74, 6) is 0.924. The van der Waals surface area contributed by atoms with Crippen LogP contribution in [0.25, 0.3) is 20.4 Å². The van der Waals surface area contributed by atoms with Crippen molar-refractivity contribution < 1.29 is 19.1 Å². The second-order valence-electron chi connectivity index (χ2n) is 7.65. The van der Waals surface area contributed by atoms with Gasteiger partial charge in [0, 0.05) is 11.1 Å². The molecule has 36 heavy (non-hydrogen) atoms. The molecule has 0 aliphatic carbocycles. The van der Waals surface area contributed by atoms with Crippen molar-refractivity contribution in [2.45, 2.75) is 13.8 Å². The first-order valence-corrected chi connectivity index (χ1v) is 12.9. The number of nitrogens with one attached hydrogen (secondary N) is 2. The van der Waals surface area contributed by atoms with Crippen molar-refractivity contribution in [3.63, 3.8) is 0 Å². The fourth-order valence-electron chi connectivity index (χ4n) is 3.54. The van der Waals surface area contributed by atoms with E-state index < -0.39 is 0 Å². The number of rotatable bonds is 8. The van der Waals surface area contributed by atoms with E-state index in [1.165, 1.54) is 22.7 Å². The van der Waals surface area contributed by atoms with Gasteiger partial charge in [0.25, 0.3) is 11.8 Å². The van der Waals surface area contributed by atoms with E-state index in [0.717, 1.165) is 31.9 Å². The minimum atomic E-state index is -0.303. The molecule has 0 bridgehead atoms. The predicted molar refractivity (Wildman–Crippen MR) is 144 cm³/mol. The molecule has 0 spiro atoms. The number of benzene rings is 3. The highest BCUT2D eigenvalue weighted by Gasteiger charge is 2.14. The SMILES string of the molecule is CCOc1ccc2nc(NC(=O)c3ccc(C(=O)Nc4nc5ccc(OCC)cc5s4)cc3)sc2c1. The summed E-state index contributed by atoms with van der Waals surface area (Å²) in [6.07, 6.45) is 0. The van der Waals surface area contributed by atoms with E-state index in [0.29, 0.717) is 34.6 Å². The van der Waals surface area contributed by atoms with Gasteiger partial charge in [-0.2, -0.15) is 0 Å². The van der Waals surface area contributed by atoms with Crippen LogP contribution in [0.4, 0.5) is 10.3 Å². The average Bonchev–Trinajstić information content (AvgIpc) is 3.46. The van der Waals surface area contributed by atoms with E-state index in [9.17, 15) is 9.59 Å². The van der Waals surface area contributed by atoms with Crippen molar-refractivity contribution in [2.75, 3.05) is 23.8 Å². The summed E-state index contributed by atoms with van der Waals surface area (Å²) in [6, 6.07) is 17.7. The molecule has 0 aliphatic heterocycles. The lowest BCUT2D eigenvalue weighted by atomic mass is 10.1. The van der Waals surface area contributed by atoms with Crippen molar-refractivity contribution in [1.82, 2.24) is 9.97 Å². The smallest absolute Gasteiger partial charge is 0.257 e. The molecular formula is C26H22N4O4S2. The number of hydrogen-bond acceptors (Lipinski definition) is 8. The molecule has 2 aromatic heterocycles. The highest BCUT2D eigenvalue weighted by atomic mass is 32.1. The lowest BCUT2D eigenvalue weighted by Gasteiger charge is -2.04. The number of hydrogen-bond donors (Lipinski definition) is 2. The van der Waals surface area contributed by atoms with Gasteiger partial charge in [-0.3, -0.25) is 20.2 Å². The second kappa shape index (κ2) is 10.3. The minimum absolute atomic E-state index is 0.303. The molecule has 0 saturated heterocycles. The van der Waals surface area contributed by atoms with Gasteiger partial charge in [-0.05, 0) is 74.5 Å². The Hall–Kier alpha value is -4.02. The normalized spacial score (nSPS) is 10.9. The zero-order valence-corrected chi connectivity index (χ0v) is 21.2. The van der Waals surface area contributed by atoms with Gasteiger partial charge in [0.1, 0.15) is 11.5 Å². The number of carbonyl (C=O) groups is 2. The molecule has 10 heteroatoms. The van der Waals surface area contributed by atoms with Crippen LogP contribution in [0.5, 0.6) is 11.5 Å². The van der Waals surface area contributed by atoms with Gasteiger partial charge in [-0.1, -0.05) is 22.7 Å². The van der Waals surface area contributed by atoms with E-state index in [1.807, 2.05) is 50.2 Å². The Bertz CT molecular complexity index is 1440. The lowest BCUT2D eigenvalue weighted by molar-refractivity contribution is 0.101. The van der Waals surface area contributed by atoms with E-state index in [4.69, 9.17) is 9.47 Å². The standard InChI is InChI=1S/C26H22N4O4S2/c1-3-33-17-9-11-19-21(13-17)35-25(27-19)29-23(31)15-5-7-16(8-6-15)24(32)30-26-28-20-12-10-18(34-4-2)14-22(20)36-26/h5-14H,3-4H2,1-2H3,(H,27,29,31)(H,28,30,32). The third kappa shape index (κ3) is 5.14. The molecule has 3 aromatic carbocycles. The monoisotopic (exact) mass is 518 g/mol. The molecule has 0 unspecified atom stereocenters. The summed E-state index contributed by atoms with van der Waals surface area (Å²) in [7, 11) is 0. The third-order valence-corrected chi connectivity index (χ3v) is 7.06. The Morgan fingerprint density at radius 1 is 0.694 bits per heavy atom. The van der Waals surface area contributed by atoms with E-state index in [2.05, 4.69) is 20.6 Å². The Balaban J connectivity index is 1.24. The molecule has 0 radical (unpaired) electrons. The van der Waals surface area contributed by atoms with Gasteiger partial charge in [0.15, 0.2) is 10.3 Å². The van der Waals surface area contributed by atoms with Crippen molar-refractivity contribution >= 4 is 65.2 Å². The van der Waals surface area contributed by atoms with Gasteiger partial charge < -0.3 is 9.47 Å². The van der Waals surface area contributed by atoms with Crippen LogP contribution in [-0.2, 0) is 0 Å². The third-order valence-electron chi connectivity index (χ3n) is 5.19. The number of amides is 2. The van der Waals surface area contributed by atoms with E-state index >= 15 is 0 Å². The zero-order valence-electron chi connectivity index (χ0n) is 19.5. The van der Waals surface area contributed by atoms with Crippen LogP contribution in [0.1, 0.15) is 34.6 Å². The fourth-order valence-corrected chi connectivity index (χ4v) is 5.32. The van der Waals surface area contributed by atoms with Crippen LogP contribution in [0, 0.1) is 0 Å². The summed E-state index contributed by atoms with van der Waals surface area (Å²) < 4.78 is 12.9. The molecule has 5 rings (SSSR count). The molecule has 0 aliphatic rings. The zero-order chi connectivity index (χ0) is 25.1. The van der Waals surface area contributed by atoms with Gasteiger partial charge in [0.2, 0.25) is 0 Å². The number of carbonyl (C=O) groups excluding carboxylic acids is 2. The molecule has 8 nitrogen and oxygen atoms in total. The van der Waals surface area contributed by atoms with Gasteiger partial charge >= 0.3 is 0 Å². The van der Waals surface area contributed by atoms with Crippen LogP contribution in [0.3, 0.4) is 0 Å². The average molecular weight is 519 g/mol. The molecule has 0 atom stereocenters. The quantitative estimate of drug-likeness (QED) is 0.253. The second-order valence-corrected chi connectivity index (χ2v) is 9.71. The largest absolute Gasteiger partial charge is 0.494 e. The molecule has 5 aromatic rings. The van der Waals surface area contributed by atoms with Gasteiger partial charge in [-0.25, -0.2) is 9.97 Å². The number of aromatic nitrogens is 2. The first-order chi connectivity index (χ1) is 17.5. The summed E-state index contributed by atoms with van der Waals surface area (Å²) in [4.78, 5) is 34.4. The number of anilines is 2. The first kappa shape index (κ1) is 23.7. The van der Waals surface area contributed by atoms with Crippen LogP contribution in [0.15, 0.2) is 60.7 Å². The lowest BCUT2D eigenvalue weighted by Crippen LogP contribution is -2.14. The molecule has 0 fully saturated rings. The summed E-state index contributed by atoms with van der Waals surface area (Å²) in [6.45, 7) is 5.02. The molecule has 182 valence electrons. The van der Waals surface area contributed by atoms with E-state index in [1.54, 1.807) is 24.3 Å². The van der Waals surface area contributed by atoms with Crippen LogP contribution >= 0.6 is 22.7 Å². The highest BCUT2D eigenvalue weighted by molar-refractivity contribution is 7.22. The summed E-state index contributed by atoms with van der Waals surface area (Å²) >= 11 is 2.75. The summed E-state index contributed by atoms with van der Waals surface area (Å²) in [5, 5.41) is 6.64. The summed E-state index contributed by atoms with van der Waals surface area (Å²) in [5.41, 5.74) is 2.41. The maximum atomic E-state index is 12.7. The maximum Gasteiger partial charge on any atom is 0.257 e. The number of fused-ring (bicyclic) bond motifs is 2. The highest BCUT2D eigenvalue weighted by Crippen LogP contribution is 2.31. The Morgan fingerprint density at radius 2 is 1.11 bits per heavy atom. The van der Waals surface area contributed by atoms with Crippen molar-refractivity contribution in [2.24, 2.45) is 0 Å².